The van der Waals surface area contributed by atoms with Crippen molar-refractivity contribution in [2.24, 2.45) is 29.1 Å². The second kappa shape index (κ2) is 6.78. The lowest BCUT2D eigenvalue weighted by Gasteiger charge is -2.59. The highest BCUT2D eigenvalue weighted by Gasteiger charge is 2.53. The van der Waals surface area contributed by atoms with E-state index in [1.807, 2.05) is 12.1 Å². The third-order valence-corrected chi connectivity index (χ3v) is 7.67. The molecule has 1 amide bonds. The van der Waals surface area contributed by atoms with Gasteiger partial charge in [0.2, 0.25) is 0 Å². The number of carbonyl (C=O) groups excluding carboxylic acids is 1. The van der Waals surface area contributed by atoms with E-state index in [2.05, 4.69) is 24.4 Å². The van der Waals surface area contributed by atoms with Crippen molar-refractivity contribution in [1.82, 2.24) is 5.32 Å². The number of amides is 1. The summed E-state index contributed by atoms with van der Waals surface area (Å²) in [6.45, 7) is 2.41. The Labute approximate surface area is 152 Å². The van der Waals surface area contributed by atoms with Crippen LogP contribution < -0.4 is 5.32 Å². The van der Waals surface area contributed by atoms with Crippen LogP contribution in [0.1, 0.15) is 74.2 Å². The molecule has 4 aliphatic carbocycles. The molecule has 0 aromatic heterocycles. The first-order chi connectivity index (χ1) is 12.1. The Morgan fingerprint density at radius 3 is 2.12 bits per heavy atom. The average Bonchev–Trinajstić information content (AvgIpc) is 2.61. The van der Waals surface area contributed by atoms with Crippen molar-refractivity contribution in [2.45, 2.75) is 64.7 Å². The number of carbonyl (C=O) groups is 1. The quantitative estimate of drug-likeness (QED) is 0.756. The van der Waals surface area contributed by atoms with Crippen LogP contribution in [0, 0.1) is 29.1 Å². The van der Waals surface area contributed by atoms with Crippen molar-refractivity contribution in [1.29, 1.82) is 0 Å². The first-order valence-electron chi connectivity index (χ1n) is 10.4. The summed E-state index contributed by atoms with van der Waals surface area (Å²) >= 11 is 0. The predicted molar refractivity (Wildman–Crippen MR) is 103 cm³/mol. The highest BCUT2D eigenvalue weighted by atomic mass is 16.1. The van der Waals surface area contributed by atoms with Crippen molar-refractivity contribution < 1.29 is 4.79 Å². The van der Waals surface area contributed by atoms with E-state index in [-0.39, 0.29) is 5.91 Å². The Hall–Kier alpha value is -1.31. The topological polar surface area (TPSA) is 29.1 Å². The molecular formula is C23H33NO. The van der Waals surface area contributed by atoms with Gasteiger partial charge < -0.3 is 5.32 Å². The van der Waals surface area contributed by atoms with Crippen LogP contribution in [0.25, 0.3) is 0 Å². The molecule has 4 bridgehead atoms. The fourth-order valence-electron chi connectivity index (χ4n) is 6.93. The second-order valence-corrected chi connectivity index (χ2v) is 9.20. The average molecular weight is 340 g/mol. The van der Waals surface area contributed by atoms with E-state index in [1.165, 1.54) is 56.9 Å². The zero-order valence-electron chi connectivity index (χ0n) is 15.9. The lowest BCUT2D eigenvalue weighted by molar-refractivity contribution is -0.0898. The lowest BCUT2D eigenvalue weighted by Crippen LogP contribution is -2.49. The summed E-state index contributed by atoms with van der Waals surface area (Å²) in [4.78, 5) is 11.7. The highest BCUT2D eigenvalue weighted by Crippen LogP contribution is 2.63. The number of hydrogen-bond acceptors (Lipinski definition) is 1. The summed E-state index contributed by atoms with van der Waals surface area (Å²) in [5.41, 5.74) is 2.82. The van der Waals surface area contributed by atoms with Crippen LogP contribution in [0.3, 0.4) is 0 Å². The van der Waals surface area contributed by atoms with Gasteiger partial charge in [-0.3, -0.25) is 4.79 Å². The summed E-state index contributed by atoms with van der Waals surface area (Å²) in [5.74, 6) is 4.04. The summed E-state index contributed by atoms with van der Waals surface area (Å²) in [6.07, 6.45) is 13.0. The molecule has 2 heteroatoms. The van der Waals surface area contributed by atoms with E-state index in [4.69, 9.17) is 0 Å². The van der Waals surface area contributed by atoms with E-state index < -0.39 is 0 Å². The third-order valence-electron chi connectivity index (χ3n) is 7.67. The van der Waals surface area contributed by atoms with Gasteiger partial charge in [-0.15, -0.1) is 0 Å². The van der Waals surface area contributed by atoms with Crippen LogP contribution in [0.4, 0.5) is 0 Å². The number of benzene rings is 1. The minimum atomic E-state index is 0.00607. The van der Waals surface area contributed by atoms with Gasteiger partial charge in [-0.2, -0.15) is 0 Å². The van der Waals surface area contributed by atoms with E-state index in [0.29, 0.717) is 5.41 Å². The molecular weight excluding hydrogens is 306 g/mol. The molecule has 2 nitrogen and oxygen atoms in total. The predicted octanol–water partition coefficient (Wildman–Crippen LogP) is 5.22. The number of nitrogens with one attached hydrogen (secondary N) is 1. The molecule has 4 aliphatic rings. The lowest BCUT2D eigenvalue weighted by atomic mass is 9.46. The fourth-order valence-corrected chi connectivity index (χ4v) is 6.93. The van der Waals surface area contributed by atoms with E-state index in [0.717, 1.165) is 35.7 Å². The Balaban J connectivity index is 1.42. The molecule has 0 aliphatic heterocycles. The molecule has 1 atom stereocenters. The first-order valence-corrected chi connectivity index (χ1v) is 10.4. The van der Waals surface area contributed by atoms with Gasteiger partial charge in [0.25, 0.3) is 5.91 Å². The Morgan fingerprint density at radius 2 is 1.64 bits per heavy atom. The third kappa shape index (κ3) is 3.25. The number of hydrogen-bond donors (Lipinski definition) is 1. The van der Waals surface area contributed by atoms with E-state index in [1.54, 1.807) is 7.05 Å². The van der Waals surface area contributed by atoms with Crippen LogP contribution in [0.5, 0.6) is 0 Å². The minimum Gasteiger partial charge on any atom is -0.355 e. The van der Waals surface area contributed by atoms with Crippen molar-refractivity contribution in [3.63, 3.8) is 0 Å². The Kier molecular flexibility index (Phi) is 4.64. The van der Waals surface area contributed by atoms with Crippen LogP contribution in [-0.2, 0) is 6.42 Å². The molecule has 0 heterocycles. The molecule has 1 aromatic rings. The Morgan fingerprint density at radius 1 is 1.08 bits per heavy atom. The van der Waals surface area contributed by atoms with Crippen LogP contribution in [0.2, 0.25) is 0 Å². The zero-order valence-corrected chi connectivity index (χ0v) is 15.9. The maximum Gasteiger partial charge on any atom is 0.251 e. The van der Waals surface area contributed by atoms with Crippen molar-refractivity contribution >= 4 is 5.91 Å². The summed E-state index contributed by atoms with van der Waals surface area (Å²) < 4.78 is 0. The van der Waals surface area contributed by atoms with E-state index >= 15 is 0 Å². The van der Waals surface area contributed by atoms with Gasteiger partial charge in [0, 0.05) is 12.6 Å². The maximum absolute atomic E-state index is 11.7. The first kappa shape index (κ1) is 17.1. The fraction of sp³-hybridized carbons (Fsp3) is 0.696. The van der Waals surface area contributed by atoms with Crippen LogP contribution in [0.15, 0.2) is 24.3 Å². The summed E-state index contributed by atoms with van der Waals surface area (Å²) in [7, 11) is 1.69. The van der Waals surface area contributed by atoms with Gasteiger partial charge >= 0.3 is 0 Å². The van der Waals surface area contributed by atoms with Crippen LogP contribution in [-0.4, -0.2) is 13.0 Å². The number of rotatable bonds is 6. The van der Waals surface area contributed by atoms with Gasteiger partial charge in [0.05, 0.1) is 0 Å². The normalized spacial score (nSPS) is 34.1. The molecule has 136 valence electrons. The molecule has 4 fully saturated rings. The van der Waals surface area contributed by atoms with E-state index in [9.17, 15) is 4.79 Å². The standard InChI is InChI=1S/C23H33NO/c1-3-21(9-6-16-4-7-20(8-5-16)22(25)24-2)23-13-17-10-18(14-23)12-19(11-17)15-23/h4-5,7-8,17-19,21H,3,6,9-15H2,1-2H3,(H,24,25). The molecule has 0 saturated heterocycles. The van der Waals surface area contributed by atoms with Crippen molar-refractivity contribution in [3.8, 4) is 0 Å². The molecule has 0 spiro atoms. The monoisotopic (exact) mass is 339 g/mol. The molecule has 5 rings (SSSR count). The molecule has 4 saturated carbocycles. The van der Waals surface area contributed by atoms with Gasteiger partial charge in [0.1, 0.15) is 0 Å². The second-order valence-electron chi connectivity index (χ2n) is 9.20. The highest BCUT2D eigenvalue weighted by molar-refractivity contribution is 5.93. The largest absolute Gasteiger partial charge is 0.355 e. The molecule has 1 aromatic carbocycles. The molecule has 0 radical (unpaired) electrons. The Bertz CT molecular complexity index is 582. The minimum absolute atomic E-state index is 0.00607. The molecule has 1 N–H and O–H groups in total. The van der Waals surface area contributed by atoms with Crippen LogP contribution >= 0.6 is 0 Å². The van der Waals surface area contributed by atoms with Crippen molar-refractivity contribution in [2.75, 3.05) is 7.05 Å². The summed E-state index contributed by atoms with van der Waals surface area (Å²) in [5, 5.41) is 2.70. The maximum atomic E-state index is 11.7. The van der Waals surface area contributed by atoms with Gasteiger partial charge in [-0.25, -0.2) is 0 Å². The number of aryl methyl sites for hydroxylation is 1. The van der Waals surface area contributed by atoms with Crippen molar-refractivity contribution in [3.05, 3.63) is 35.4 Å². The molecule has 25 heavy (non-hydrogen) atoms. The molecule has 1 unspecified atom stereocenters. The van der Waals surface area contributed by atoms with Gasteiger partial charge in [-0.05, 0) is 98.1 Å². The van der Waals surface area contributed by atoms with Gasteiger partial charge in [0.15, 0.2) is 0 Å². The summed E-state index contributed by atoms with van der Waals surface area (Å²) in [6, 6.07) is 8.24. The zero-order chi connectivity index (χ0) is 17.4. The SMILES string of the molecule is CCC(CCc1ccc(C(=O)NC)cc1)C12CC3CC(CC(C3)C1)C2. The van der Waals surface area contributed by atoms with Gasteiger partial charge in [-0.1, -0.05) is 25.5 Å². The smallest absolute Gasteiger partial charge is 0.251 e.